The van der Waals surface area contributed by atoms with Crippen molar-refractivity contribution in [3.8, 4) is 28.7 Å². The van der Waals surface area contributed by atoms with Crippen molar-refractivity contribution < 1.29 is 23.7 Å². The standard InChI is InChI=1S/C19H22O5/c1-20-15-9-8-14(16(12-15)21-2)7-6-13-10-17(22-3)19(24-5)18(11-13)23-4/h6-12H,1-5H3/b7-6-. The Hall–Kier alpha value is -2.82. The molecule has 0 unspecified atom stereocenters. The minimum absolute atomic E-state index is 0.569. The Balaban J connectivity index is 2.38. The van der Waals surface area contributed by atoms with E-state index < -0.39 is 0 Å². The van der Waals surface area contributed by atoms with Crippen molar-refractivity contribution in [3.63, 3.8) is 0 Å². The Labute approximate surface area is 142 Å². The van der Waals surface area contributed by atoms with E-state index in [9.17, 15) is 0 Å². The molecule has 0 N–H and O–H groups in total. The van der Waals surface area contributed by atoms with Gasteiger partial charge in [-0.2, -0.15) is 0 Å². The summed E-state index contributed by atoms with van der Waals surface area (Å²) in [5, 5.41) is 0. The van der Waals surface area contributed by atoms with Crippen molar-refractivity contribution in [1.29, 1.82) is 0 Å². The topological polar surface area (TPSA) is 46.2 Å². The van der Waals surface area contributed by atoms with Gasteiger partial charge in [-0.15, -0.1) is 0 Å². The SMILES string of the molecule is COc1ccc(/C=C\c2cc(OC)c(OC)c(OC)c2)c(OC)c1. The zero-order valence-electron chi connectivity index (χ0n) is 14.6. The van der Waals surface area contributed by atoms with Crippen LogP contribution >= 0.6 is 0 Å². The molecule has 0 amide bonds. The molecule has 0 atom stereocenters. The smallest absolute Gasteiger partial charge is 0.203 e. The molecule has 2 aromatic carbocycles. The molecule has 128 valence electrons. The Morgan fingerprint density at radius 1 is 0.625 bits per heavy atom. The molecule has 2 rings (SSSR count). The normalized spacial score (nSPS) is 10.5. The van der Waals surface area contributed by atoms with Crippen molar-refractivity contribution in [1.82, 2.24) is 0 Å². The first kappa shape index (κ1) is 17.5. The quantitative estimate of drug-likeness (QED) is 0.721. The predicted octanol–water partition coefficient (Wildman–Crippen LogP) is 3.90. The van der Waals surface area contributed by atoms with Gasteiger partial charge in [0.05, 0.1) is 35.5 Å². The molecule has 0 aromatic heterocycles. The van der Waals surface area contributed by atoms with E-state index in [0.29, 0.717) is 17.2 Å². The predicted molar refractivity (Wildman–Crippen MR) is 94.6 cm³/mol. The molecule has 0 heterocycles. The Morgan fingerprint density at radius 3 is 1.75 bits per heavy atom. The average Bonchev–Trinajstić information content (AvgIpc) is 2.64. The molecular formula is C19H22O5. The lowest BCUT2D eigenvalue weighted by Gasteiger charge is -2.13. The van der Waals surface area contributed by atoms with Gasteiger partial charge in [0.25, 0.3) is 0 Å². The van der Waals surface area contributed by atoms with Crippen LogP contribution in [-0.4, -0.2) is 35.5 Å². The first-order valence-electron chi connectivity index (χ1n) is 7.37. The van der Waals surface area contributed by atoms with Crippen LogP contribution in [0.25, 0.3) is 12.2 Å². The van der Waals surface area contributed by atoms with Crippen LogP contribution in [0.4, 0.5) is 0 Å². The van der Waals surface area contributed by atoms with Crippen molar-refractivity contribution in [2.24, 2.45) is 0 Å². The average molecular weight is 330 g/mol. The van der Waals surface area contributed by atoms with Gasteiger partial charge in [0, 0.05) is 11.6 Å². The molecule has 0 saturated carbocycles. The summed E-state index contributed by atoms with van der Waals surface area (Å²) in [5.41, 5.74) is 1.86. The second-order valence-electron chi connectivity index (χ2n) is 4.90. The van der Waals surface area contributed by atoms with Crippen LogP contribution in [-0.2, 0) is 0 Å². The third-order valence-corrected chi connectivity index (χ3v) is 3.58. The highest BCUT2D eigenvalue weighted by atomic mass is 16.5. The fourth-order valence-electron chi connectivity index (χ4n) is 2.34. The number of hydrogen-bond donors (Lipinski definition) is 0. The number of hydrogen-bond acceptors (Lipinski definition) is 5. The van der Waals surface area contributed by atoms with Crippen LogP contribution < -0.4 is 23.7 Å². The van der Waals surface area contributed by atoms with E-state index in [1.165, 1.54) is 0 Å². The Morgan fingerprint density at radius 2 is 1.25 bits per heavy atom. The van der Waals surface area contributed by atoms with Gasteiger partial charge < -0.3 is 23.7 Å². The zero-order chi connectivity index (χ0) is 17.5. The molecule has 0 radical (unpaired) electrons. The van der Waals surface area contributed by atoms with Gasteiger partial charge in [0.15, 0.2) is 11.5 Å². The number of methoxy groups -OCH3 is 5. The Bertz CT molecular complexity index is 697. The summed E-state index contributed by atoms with van der Waals surface area (Å²) in [7, 11) is 8.03. The maximum absolute atomic E-state index is 5.40. The molecular weight excluding hydrogens is 308 g/mol. The first-order valence-corrected chi connectivity index (χ1v) is 7.37. The van der Waals surface area contributed by atoms with Gasteiger partial charge in [-0.05, 0) is 29.8 Å². The monoisotopic (exact) mass is 330 g/mol. The highest BCUT2D eigenvalue weighted by Crippen LogP contribution is 2.38. The summed E-state index contributed by atoms with van der Waals surface area (Å²) in [5.74, 6) is 3.27. The molecule has 0 spiro atoms. The molecule has 0 saturated heterocycles. The van der Waals surface area contributed by atoms with Crippen LogP contribution in [0.3, 0.4) is 0 Å². The van der Waals surface area contributed by atoms with Gasteiger partial charge >= 0.3 is 0 Å². The molecule has 0 aliphatic heterocycles. The molecule has 2 aromatic rings. The number of ether oxygens (including phenoxy) is 5. The molecule has 0 fully saturated rings. The van der Waals surface area contributed by atoms with Gasteiger partial charge in [-0.25, -0.2) is 0 Å². The lowest BCUT2D eigenvalue weighted by Crippen LogP contribution is -1.95. The summed E-state index contributed by atoms with van der Waals surface area (Å²) in [6, 6.07) is 9.43. The highest BCUT2D eigenvalue weighted by Gasteiger charge is 2.12. The molecule has 24 heavy (non-hydrogen) atoms. The van der Waals surface area contributed by atoms with Crippen molar-refractivity contribution in [2.45, 2.75) is 0 Å². The molecule has 5 nitrogen and oxygen atoms in total. The number of rotatable bonds is 7. The van der Waals surface area contributed by atoms with E-state index >= 15 is 0 Å². The van der Waals surface area contributed by atoms with Crippen molar-refractivity contribution in [2.75, 3.05) is 35.5 Å². The summed E-state index contributed by atoms with van der Waals surface area (Å²) >= 11 is 0. The fourth-order valence-corrected chi connectivity index (χ4v) is 2.34. The summed E-state index contributed by atoms with van der Waals surface area (Å²) in [6.45, 7) is 0. The van der Waals surface area contributed by atoms with Crippen molar-refractivity contribution in [3.05, 3.63) is 41.5 Å². The second kappa shape index (κ2) is 8.15. The van der Waals surface area contributed by atoms with E-state index in [4.69, 9.17) is 23.7 Å². The molecule has 0 aliphatic rings. The van der Waals surface area contributed by atoms with Crippen LogP contribution in [0.5, 0.6) is 28.7 Å². The summed E-state index contributed by atoms with van der Waals surface area (Å²) in [4.78, 5) is 0. The van der Waals surface area contributed by atoms with Crippen LogP contribution in [0.1, 0.15) is 11.1 Å². The van der Waals surface area contributed by atoms with E-state index in [-0.39, 0.29) is 0 Å². The zero-order valence-corrected chi connectivity index (χ0v) is 14.6. The van der Waals surface area contributed by atoms with Gasteiger partial charge in [0.2, 0.25) is 5.75 Å². The molecule has 0 aliphatic carbocycles. The second-order valence-corrected chi connectivity index (χ2v) is 4.90. The maximum atomic E-state index is 5.40. The summed E-state index contributed by atoms with van der Waals surface area (Å²) in [6.07, 6.45) is 3.91. The van der Waals surface area contributed by atoms with Crippen molar-refractivity contribution >= 4 is 12.2 Å². The van der Waals surface area contributed by atoms with Crippen LogP contribution in [0, 0.1) is 0 Å². The van der Waals surface area contributed by atoms with E-state index in [2.05, 4.69) is 0 Å². The van der Waals surface area contributed by atoms with Gasteiger partial charge in [0.1, 0.15) is 11.5 Å². The molecule has 5 heteroatoms. The molecule has 0 bridgehead atoms. The lowest BCUT2D eigenvalue weighted by atomic mass is 10.1. The minimum Gasteiger partial charge on any atom is -0.497 e. The first-order chi connectivity index (χ1) is 11.7. The van der Waals surface area contributed by atoms with E-state index in [1.54, 1.807) is 35.5 Å². The van der Waals surface area contributed by atoms with E-state index in [0.717, 1.165) is 22.6 Å². The third-order valence-electron chi connectivity index (χ3n) is 3.58. The fraction of sp³-hybridized carbons (Fsp3) is 0.263. The van der Waals surface area contributed by atoms with E-state index in [1.807, 2.05) is 42.5 Å². The summed E-state index contributed by atoms with van der Waals surface area (Å²) < 4.78 is 26.7. The highest BCUT2D eigenvalue weighted by molar-refractivity contribution is 5.75. The van der Waals surface area contributed by atoms with Gasteiger partial charge in [-0.3, -0.25) is 0 Å². The number of benzene rings is 2. The Kier molecular flexibility index (Phi) is 5.95. The largest absolute Gasteiger partial charge is 0.497 e. The van der Waals surface area contributed by atoms with Crippen LogP contribution in [0.15, 0.2) is 30.3 Å². The maximum Gasteiger partial charge on any atom is 0.203 e. The lowest BCUT2D eigenvalue weighted by molar-refractivity contribution is 0.324. The van der Waals surface area contributed by atoms with Crippen LogP contribution in [0.2, 0.25) is 0 Å². The minimum atomic E-state index is 0.569. The van der Waals surface area contributed by atoms with Gasteiger partial charge in [-0.1, -0.05) is 12.2 Å². The third kappa shape index (κ3) is 3.74.